The highest BCUT2D eigenvalue weighted by atomic mass is 19.4. The van der Waals surface area contributed by atoms with Crippen LogP contribution in [0.25, 0.3) is 11.0 Å². The summed E-state index contributed by atoms with van der Waals surface area (Å²) in [6.07, 6.45) is -0.0803. The summed E-state index contributed by atoms with van der Waals surface area (Å²) in [6.45, 7) is 4.79. The zero-order valence-electron chi connectivity index (χ0n) is 18.7. The molecule has 34 heavy (non-hydrogen) atoms. The Bertz CT molecular complexity index is 1210. The molecule has 0 bridgehead atoms. The van der Waals surface area contributed by atoms with Crippen LogP contribution in [0.2, 0.25) is 0 Å². The summed E-state index contributed by atoms with van der Waals surface area (Å²) in [5, 5.41) is 5.84. The molecular weight excluding hydrogens is 451 g/mol. The molecule has 12 heteroatoms. The number of hydrogen-bond acceptors (Lipinski definition) is 7. The summed E-state index contributed by atoms with van der Waals surface area (Å²) < 4.78 is 45.6. The number of hydrogen-bond donors (Lipinski definition) is 2. The summed E-state index contributed by atoms with van der Waals surface area (Å²) in [5.41, 5.74) is 1.10. The van der Waals surface area contributed by atoms with E-state index >= 15 is 0 Å². The molecule has 0 radical (unpaired) electrons. The van der Waals surface area contributed by atoms with Crippen molar-refractivity contribution in [2.24, 2.45) is 7.05 Å². The third-order valence-electron chi connectivity index (χ3n) is 5.64. The standard InChI is InChI=1S/C22H24F3N7O2/c1-4-19(33)29-16-8-15-17(9-18(16)34-3)31(2)21(30-15)32-7-5-6-14(12-32)28-20-26-10-13(11-27-20)22(23,24)25/h4,8-11,14H,1,5-7,12H2,2-3H3,(H,29,33)(H,26,27,28)/t14-/m1/s1. The van der Waals surface area contributed by atoms with Gasteiger partial charge in [-0.2, -0.15) is 13.2 Å². The Morgan fingerprint density at radius 2 is 2.03 bits per heavy atom. The second-order valence-corrected chi connectivity index (χ2v) is 7.93. The molecule has 1 aliphatic heterocycles. The number of anilines is 3. The number of amides is 1. The number of piperidine rings is 1. The zero-order chi connectivity index (χ0) is 24.5. The minimum Gasteiger partial charge on any atom is -0.494 e. The first-order chi connectivity index (χ1) is 16.2. The Balaban J connectivity index is 1.54. The zero-order valence-corrected chi connectivity index (χ0v) is 18.7. The van der Waals surface area contributed by atoms with Crippen LogP contribution in [0.3, 0.4) is 0 Å². The highest BCUT2D eigenvalue weighted by molar-refractivity contribution is 6.01. The smallest absolute Gasteiger partial charge is 0.419 e. The van der Waals surface area contributed by atoms with Crippen LogP contribution in [0.5, 0.6) is 5.75 Å². The van der Waals surface area contributed by atoms with Crippen molar-refractivity contribution in [3.05, 3.63) is 42.7 Å². The van der Waals surface area contributed by atoms with Crippen LogP contribution < -0.4 is 20.3 Å². The highest BCUT2D eigenvalue weighted by Crippen LogP contribution is 2.33. The van der Waals surface area contributed by atoms with Gasteiger partial charge in [0, 0.05) is 44.6 Å². The van der Waals surface area contributed by atoms with Crippen molar-refractivity contribution in [2.45, 2.75) is 25.1 Å². The Kier molecular flexibility index (Phi) is 6.31. The molecule has 9 nitrogen and oxygen atoms in total. The maximum Gasteiger partial charge on any atom is 0.419 e. The van der Waals surface area contributed by atoms with Crippen LogP contribution in [0.1, 0.15) is 18.4 Å². The molecule has 1 aliphatic rings. The number of nitrogens with zero attached hydrogens (tertiary/aromatic N) is 5. The van der Waals surface area contributed by atoms with Crippen molar-refractivity contribution in [1.29, 1.82) is 0 Å². The van der Waals surface area contributed by atoms with Gasteiger partial charge in [-0.05, 0) is 25.0 Å². The number of aromatic nitrogens is 4. The molecule has 1 saturated heterocycles. The van der Waals surface area contributed by atoms with E-state index in [1.807, 2.05) is 11.6 Å². The summed E-state index contributed by atoms with van der Waals surface area (Å²) in [7, 11) is 3.41. The second-order valence-electron chi connectivity index (χ2n) is 7.93. The molecule has 0 saturated carbocycles. The molecule has 2 N–H and O–H groups in total. The largest absolute Gasteiger partial charge is 0.494 e. The van der Waals surface area contributed by atoms with E-state index in [4.69, 9.17) is 9.72 Å². The minimum absolute atomic E-state index is 0.0673. The lowest BCUT2D eigenvalue weighted by Gasteiger charge is -2.33. The van der Waals surface area contributed by atoms with Crippen molar-refractivity contribution in [3.63, 3.8) is 0 Å². The summed E-state index contributed by atoms with van der Waals surface area (Å²) in [4.78, 5) is 26.2. The van der Waals surface area contributed by atoms with Crippen LogP contribution in [-0.4, -0.2) is 51.7 Å². The van der Waals surface area contributed by atoms with E-state index in [1.54, 1.807) is 12.1 Å². The number of imidazole rings is 1. The molecule has 180 valence electrons. The minimum atomic E-state index is -4.47. The van der Waals surface area contributed by atoms with Gasteiger partial charge in [-0.3, -0.25) is 4.79 Å². The first kappa shape index (κ1) is 23.3. The molecule has 1 atom stereocenters. The van der Waals surface area contributed by atoms with Crippen LogP contribution in [0.4, 0.5) is 30.8 Å². The average molecular weight is 475 g/mol. The molecule has 1 fully saturated rings. The van der Waals surface area contributed by atoms with Gasteiger partial charge in [0.25, 0.3) is 0 Å². The highest BCUT2D eigenvalue weighted by Gasteiger charge is 2.31. The number of rotatable bonds is 6. The number of fused-ring (bicyclic) bond motifs is 1. The molecule has 0 aliphatic carbocycles. The second kappa shape index (κ2) is 9.20. The van der Waals surface area contributed by atoms with Gasteiger partial charge in [-0.1, -0.05) is 6.58 Å². The van der Waals surface area contributed by atoms with Crippen LogP contribution >= 0.6 is 0 Å². The molecule has 3 heterocycles. The van der Waals surface area contributed by atoms with Crippen LogP contribution in [-0.2, 0) is 18.0 Å². The van der Waals surface area contributed by atoms with Gasteiger partial charge in [-0.15, -0.1) is 0 Å². The maximum absolute atomic E-state index is 12.7. The van der Waals surface area contributed by atoms with E-state index in [0.29, 0.717) is 23.5 Å². The number of alkyl halides is 3. The normalized spacial score (nSPS) is 16.4. The molecule has 1 amide bonds. The van der Waals surface area contributed by atoms with E-state index in [9.17, 15) is 18.0 Å². The van der Waals surface area contributed by atoms with Gasteiger partial charge in [0.2, 0.25) is 17.8 Å². The van der Waals surface area contributed by atoms with Crippen molar-refractivity contribution >= 4 is 34.5 Å². The molecule has 0 spiro atoms. The lowest BCUT2D eigenvalue weighted by Crippen LogP contribution is -2.43. The van der Waals surface area contributed by atoms with Gasteiger partial charge in [-0.25, -0.2) is 15.0 Å². The Morgan fingerprint density at radius 3 is 2.68 bits per heavy atom. The van der Waals surface area contributed by atoms with Gasteiger partial charge >= 0.3 is 6.18 Å². The molecule has 0 unspecified atom stereocenters. The van der Waals surface area contributed by atoms with E-state index < -0.39 is 11.7 Å². The first-order valence-electron chi connectivity index (χ1n) is 10.6. The summed E-state index contributed by atoms with van der Waals surface area (Å²) in [6, 6.07) is 3.48. The van der Waals surface area contributed by atoms with E-state index in [1.165, 1.54) is 13.2 Å². The molecule has 2 aromatic heterocycles. The van der Waals surface area contributed by atoms with Gasteiger partial charge in [0.05, 0.1) is 29.4 Å². The monoisotopic (exact) mass is 475 g/mol. The van der Waals surface area contributed by atoms with Gasteiger partial charge in [0.1, 0.15) is 5.75 Å². The fourth-order valence-electron chi connectivity index (χ4n) is 3.95. The topological polar surface area (TPSA) is 97.2 Å². The quantitative estimate of drug-likeness (QED) is 0.526. The van der Waals surface area contributed by atoms with Crippen molar-refractivity contribution in [2.75, 3.05) is 35.7 Å². The number of carbonyl (C=O) groups is 1. The summed E-state index contributed by atoms with van der Waals surface area (Å²) in [5.74, 6) is 1.01. The number of aryl methyl sites for hydroxylation is 1. The third-order valence-corrected chi connectivity index (χ3v) is 5.64. The van der Waals surface area contributed by atoms with Gasteiger partial charge < -0.3 is 24.8 Å². The number of carbonyl (C=O) groups excluding carboxylic acids is 1. The lowest BCUT2D eigenvalue weighted by atomic mass is 10.1. The number of ether oxygens (including phenoxy) is 1. The predicted octanol–water partition coefficient (Wildman–Crippen LogP) is 3.60. The van der Waals surface area contributed by atoms with E-state index in [0.717, 1.165) is 43.2 Å². The number of nitrogens with one attached hydrogen (secondary N) is 2. The fraction of sp³-hybridized carbons (Fsp3) is 0.364. The summed E-state index contributed by atoms with van der Waals surface area (Å²) >= 11 is 0. The lowest BCUT2D eigenvalue weighted by molar-refractivity contribution is -0.138. The maximum atomic E-state index is 12.7. The Hall–Kier alpha value is -3.83. The fourth-order valence-corrected chi connectivity index (χ4v) is 3.95. The van der Waals surface area contributed by atoms with Crippen molar-refractivity contribution in [3.8, 4) is 5.75 Å². The molecule has 3 aromatic rings. The number of benzene rings is 1. The predicted molar refractivity (Wildman–Crippen MR) is 122 cm³/mol. The number of methoxy groups -OCH3 is 1. The van der Waals surface area contributed by atoms with E-state index in [-0.39, 0.29) is 17.9 Å². The first-order valence-corrected chi connectivity index (χ1v) is 10.6. The molecule has 4 rings (SSSR count). The van der Waals surface area contributed by atoms with Gasteiger partial charge in [0.15, 0.2) is 0 Å². The van der Waals surface area contributed by atoms with Crippen molar-refractivity contribution < 1.29 is 22.7 Å². The SMILES string of the molecule is C=CC(=O)Nc1cc2nc(N3CCC[C@@H](Nc4ncc(C(F)(F)F)cn4)C3)n(C)c2cc1OC. The van der Waals surface area contributed by atoms with Crippen LogP contribution in [0, 0.1) is 0 Å². The van der Waals surface area contributed by atoms with Crippen LogP contribution in [0.15, 0.2) is 37.2 Å². The molecule has 1 aromatic carbocycles. The third kappa shape index (κ3) is 4.75. The number of halogens is 3. The Labute approximate surface area is 193 Å². The van der Waals surface area contributed by atoms with Crippen molar-refractivity contribution in [1.82, 2.24) is 19.5 Å². The molecular formula is C22H24F3N7O2. The average Bonchev–Trinajstić information content (AvgIpc) is 3.13. The van der Waals surface area contributed by atoms with E-state index in [2.05, 4.69) is 32.1 Å². The Morgan fingerprint density at radius 1 is 1.29 bits per heavy atom.